The maximum Gasteiger partial charge on any atom is 0.326 e. The monoisotopic (exact) mass is 478 g/mol. The van der Waals surface area contributed by atoms with Crippen molar-refractivity contribution in [1.29, 1.82) is 0 Å². The molecular formula is C22H30N4O8. The van der Waals surface area contributed by atoms with E-state index in [9.17, 15) is 34.2 Å². The van der Waals surface area contributed by atoms with E-state index in [1.54, 1.807) is 24.3 Å². The maximum atomic E-state index is 13.0. The van der Waals surface area contributed by atoms with Crippen molar-refractivity contribution in [2.45, 2.75) is 56.3 Å². The number of carboxylic acid groups (broad SMARTS) is 2. The summed E-state index contributed by atoms with van der Waals surface area (Å²) in [5, 5.41) is 32.4. The van der Waals surface area contributed by atoms with Crippen molar-refractivity contribution in [2.24, 2.45) is 5.73 Å². The van der Waals surface area contributed by atoms with Gasteiger partial charge in [0.2, 0.25) is 17.7 Å². The second-order valence-corrected chi connectivity index (χ2v) is 8.06. The number of carbonyl (C=O) groups is 5. The summed E-state index contributed by atoms with van der Waals surface area (Å²) in [6.07, 6.45) is 0.164. The lowest BCUT2D eigenvalue weighted by molar-refractivity contribution is -0.145. The van der Waals surface area contributed by atoms with Crippen molar-refractivity contribution >= 4 is 29.7 Å². The molecule has 1 heterocycles. The highest BCUT2D eigenvalue weighted by molar-refractivity contribution is 5.94. The van der Waals surface area contributed by atoms with E-state index < -0.39 is 66.9 Å². The van der Waals surface area contributed by atoms with Gasteiger partial charge in [-0.25, -0.2) is 4.79 Å². The number of aliphatic carboxylic acids is 2. The van der Waals surface area contributed by atoms with Crippen molar-refractivity contribution in [1.82, 2.24) is 15.5 Å². The van der Waals surface area contributed by atoms with Crippen LogP contribution in [0.15, 0.2) is 30.3 Å². The Bertz CT molecular complexity index is 894. The molecule has 12 nitrogen and oxygen atoms in total. The molecule has 0 aliphatic carbocycles. The lowest BCUT2D eigenvalue weighted by Gasteiger charge is -2.29. The summed E-state index contributed by atoms with van der Waals surface area (Å²) in [4.78, 5) is 61.4. The summed E-state index contributed by atoms with van der Waals surface area (Å²) in [6.45, 7) is -0.546. The van der Waals surface area contributed by atoms with Crippen molar-refractivity contribution in [2.75, 3.05) is 13.2 Å². The normalized spacial score (nSPS) is 17.9. The first-order chi connectivity index (χ1) is 16.1. The number of benzene rings is 1. The molecular weight excluding hydrogens is 448 g/mol. The number of carbonyl (C=O) groups excluding carboxylic acids is 3. The van der Waals surface area contributed by atoms with Gasteiger partial charge in [-0.3, -0.25) is 19.2 Å². The Balaban J connectivity index is 2.00. The molecule has 1 fully saturated rings. The van der Waals surface area contributed by atoms with Gasteiger partial charge in [0, 0.05) is 13.0 Å². The van der Waals surface area contributed by atoms with Gasteiger partial charge in [-0.05, 0) is 31.2 Å². The third-order valence-electron chi connectivity index (χ3n) is 5.53. The molecule has 34 heavy (non-hydrogen) atoms. The number of aliphatic hydroxyl groups is 1. The number of nitrogens with zero attached hydrogens (tertiary/aromatic N) is 1. The Morgan fingerprint density at radius 1 is 1.06 bits per heavy atom. The van der Waals surface area contributed by atoms with Crippen LogP contribution < -0.4 is 16.4 Å². The van der Waals surface area contributed by atoms with Gasteiger partial charge < -0.3 is 36.6 Å². The smallest absolute Gasteiger partial charge is 0.326 e. The van der Waals surface area contributed by atoms with Crippen LogP contribution >= 0.6 is 0 Å². The highest BCUT2D eigenvalue weighted by Crippen LogP contribution is 2.19. The minimum absolute atomic E-state index is 0.173. The third kappa shape index (κ3) is 7.52. The van der Waals surface area contributed by atoms with Crippen molar-refractivity contribution in [3.05, 3.63) is 35.9 Å². The van der Waals surface area contributed by atoms with Crippen LogP contribution in [0.2, 0.25) is 0 Å². The standard InChI is InChI=1S/C22H30N4O8/c23-14(11-13-5-2-1-3-6-13)19(30)25-16(12-27)21(32)26-10-4-7-17(26)20(31)24-15(22(33)34)8-9-18(28)29/h1-3,5-6,14-17,27H,4,7-12,23H2,(H,24,31)(H,25,30)(H,28,29)(H,33,34). The van der Waals surface area contributed by atoms with Crippen molar-refractivity contribution in [3.8, 4) is 0 Å². The molecule has 0 radical (unpaired) electrons. The highest BCUT2D eigenvalue weighted by atomic mass is 16.4. The molecule has 1 aliphatic heterocycles. The minimum atomic E-state index is -1.43. The lowest BCUT2D eigenvalue weighted by Crippen LogP contribution is -2.58. The molecule has 1 aromatic rings. The Morgan fingerprint density at radius 3 is 2.32 bits per heavy atom. The number of hydrogen-bond donors (Lipinski definition) is 6. The van der Waals surface area contributed by atoms with Gasteiger partial charge in [0.25, 0.3) is 0 Å². The SMILES string of the molecule is NC(Cc1ccccc1)C(=O)NC(CO)C(=O)N1CCCC1C(=O)NC(CCC(=O)O)C(=O)O. The molecule has 2 rings (SSSR count). The van der Waals surface area contributed by atoms with E-state index in [0.29, 0.717) is 6.42 Å². The summed E-state index contributed by atoms with van der Waals surface area (Å²) in [6, 6.07) is 4.30. The molecule has 1 aromatic carbocycles. The maximum absolute atomic E-state index is 13.0. The average molecular weight is 479 g/mol. The van der Waals surface area contributed by atoms with Gasteiger partial charge in [-0.2, -0.15) is 0 Å². The van der Waals surface area contributed by atoms with Crippen molar-refractivity contribution in [3.63, 3.8) is 0 Å². The average Bonchev–Trinajstić information content (AvgIpc) is 3.29. The van der Waals surface area contributed by atoms with Gasteiger partial charge >= 0.3 is 11.9 Å². The van der Waals surface area contributed by atoms with Crippen LogP contribution in [0.4, 0.5) is 0 Å². The zero-order valence-electron chi connectivity index (χ0n) is 18.6. The molecule has 1 aliphatic rings. The van der Waals surface area contributed by atoms with Gasteiger partial charge in [-0.1, -0.05) is 30.3 Å². The molecule has 1 saturated heterocycles. The van der Waals surface area contributed by atoms with E-state index in [1.807, 2.05) is 6.07 Å². The van der Waals surface area contributed by atoms with Gasteiger partial charge in [0.1, 0.15) is 18.1 Å². The molecule has 0 saturated carbocycles. The largest absolute Gasteiger partial charge is 0.481 e. The fourth-order valence-electron chi connectivity index (χ4n) is 3.72. The van der Waals surface area contributed by atoms with Gasteiger partial charge in [0.15, 0.2) is 0 Å². The number of nitrogens with one attached hydrogen (secondary N) is 2. The van der Waals surface area contributed by atoms with Gasteiger partial charge in [-0.15, -0.1) is 0 Å². The topological polar surface area (TPSA) is 199 Å². The summed E-state index contributed by atoms with van der Waals surface area (Å²) in [5.74, 6) is -4.68. The van der Waals surface area contributed by atoms with Crippen LogP contribution in [-0.2, 0) is 30.4 Å². The fourth-order valence-corrected chi connectivity index (χ4v) is 3.72. The van der Waals surface area contributed by atoms with E-state index >= 15 is 0 Å². The summed E-state index contributed by atoms with van der Waals surface area (Å²) in [7, 11) is 0. The predicted molar refractivity (Wildman–Crippen MR) is 118 cm³/mol. The third-order valence-corrected chi connectivity index (χ3v) is 5.53. The van der Waals surface area contributed by atoms with Crippen molar-refractivity contribution < 1.29 is 39.3 Å². The Labute approximate surface area is 196 Å². The van der Waals surface area contributed by atoms with Crippen LogP contribution in [0, 0.1) is 0 Å². The molecule has 4 unspecified atom stereocenters. The quantitative estimate of drug-likeness (QED) is 0.206. The second kappa shape index (κ2) is 12.7. The van der Waals surface area contributed by atoms with E-state index in [-0.39, 0.29) is 25.8 Å². The first-order valence-corrected chi connectivity index (χ1v) is 10.9. The molecule has 7 N–H and O–H groups in total. The number of aliphatic hydroxyl groups excluding tert-OH is 1. The second-order valence-electron chi connectivity index (χ2n) is 8.06. The van der Waals surface area contributed by atoms with Crippen LogP contribution in [0.1, 0.15) is 31.2 Å². The fraction of sp³-hybridized carbons (Fsp3) is 0.500. The van der Waals surface area contributed by atoms with E-state index in [4.69, 9.17) is 10.8 Å². The molecule has 186 valence electrons. The van der Waals surface area contributed by atoms with E-state index in [2.05, 4.69) is 10.6 Å². The van der Waals surface area contributed by atoms with Crippen LogP contribution in [0.25, 0.3) is 0 Å². The molecule has 3 amide bonds. The number of amides is 3. The molecule has 0 spiro atoms. The number of rotatable bonds is 12. The summed E-state index contributed by atoms with van der Waals surface area (Å²) in [5.41, 5.74) is 6.76. The molecule has 4 atom stereocenters. The molecule has 0 bridgehead atoms. The summed E-state index contributed by atoms with van der Waals surface area (Å²) >= 11 is 0. The molecule has 0 aromatic heterocycles. The first kappa shape index (κ1) is 26.7. The number of hydrogen-bond acceptors (Lipinski definition) is 7. The highest BCUT2D eigenvalue weighted by Gasteiger charge is 2.39. The predicted octanol–water partition coefficient (Wildman–Crippen LogP) is -1.54. The summed E-state index contributed by atoms with van der Waals surface area (Å²) < 4.78 is 0. The van der Waals surface area contributed by atoms with E-state index in [1.165, 1.54) is 4.90 Å². The van der Waals surface area contributed by atoms with Crippen LogP contribution in [0.3, 0.4) is 0 Å². The minimum Gasteiger partial charge on any atom is -0.481 e. The first-order valence-electron chi connectivity index (χ1n) is 10.9. The van der Waals surface area contributed by atoms with Gasteiger partial charge in [0.05, 0.1) is 12.6 Å². The number of likely N-dealkylation sites (tertiary alicyclic amines) is 1. The van der Waals surface area contributed by atoms with E-state index in [0.717, 1.165) is 5.56 Å². The Kier molecular flexibility index (Phi) is 9.95. The zero-order valence-corrected chi connectivity index (χ0v) is 18.6. The number of carboxylic acids is 2. The lowest BCUT2D eigenvalue weighted by atomic mass is 10.1. The Morgan fingerprint density at radius 2 is 1.74 bits per heavy atom. The molecule has 12 heteroatoms. The Hall–Kier alpha value is -3.51. The van der Waals surface area contributed by atoms with Crippen LogP contribution in [-0.4, -0.2) is 87.2 Å². The number of nitrogens with two attached hydrogens (primary N) is 1. The van der Waals surface area contributed by atoms with Crippen LogP contribution in [0.5, 0.6) is 0 Å². The zero-order chi connectivity index (χ0) is 25.3.